The Kier molecular flexibility index (Phi) is 6.90. The van der Waals surface area contributed by atoms with Crippen molar-refractivity contribution in [1.82, 2.24) is 15.6 Å². The molecule has 0 radical (unpaired) electrons. The monoisotopic (exact) mass is 316 g/mol. The van der Waals surface area contributed by atoms with Crippen molar-refractivity contribution in [3.8, 4) is 0 Å². The van der Waals surface area contributed by atoms with Gasteiger partial charge in [0.25, 0.3) is 0 Å². The number of hydrogen-bond acceptors (Lipinski definition) is 3. The van der Waals surface area contributed by atoms with E-state index in [9.17, 15) is 0 Å². The Morgan fingerprint density at radius 1 is 1.32 bits per heavy atom. The number of aliphatic imine (C=N–C) groups is 1. The molecule has 2 heterocycles. The number of hydrogen-bond donors (Lipinski definition) is 2. The number of aromatic nitrogens is 1. The molecule has 2 rings (SSSR count). The SMILES string of the molecule is CCNC(=NCC(C)c1ccsc1)NCCc1ccccn1. The highest BCUT2D eigenvalue weighted by atomic mass is 32.1. The first-order chi connectivity index (χ1) is 10.8. The van der Waals surface area contributed by atoms with Gasteiger partial charge in [-0.1, -0.05) is 13.0 Å². The summed E-state index contributed by atoms with van der Waals surface area (Å²) in [5.41, 5.74) is 2.45. The lowest BCUT2D eigenvalue weighted by Crippen LogP contribution is -2.38. The molecule has 2 N–H and O–H groups in total. The number of guanidine groups is 1. The highest BCUT2D eigenvalue weighted by molar-refractivity contribution is 7.07. The van der Waals surface area contributed by atoms with Crippen LogP contribution in [0.2, 0.25) is 0 Å². The molecule has 4 nitrogen and oxygen atoms in total. The second-order valence-electron chi connectivity index (χ2n) is 5.18. The van der Waals surface area contributed by atoms with E-state index >= 15 is 0 Å². The zero-order valence-electron chi connectivity index (χ0n) is 13.2. The van der Waals surface area contributed by atoms with Gasteiger partial charge in [-0.25, -0.2) is 0 Å². The molecule has 22 heavy (non-hydrogen) atoms. The first kappa shape index (κ1) is 16.5. The van der Waals surface area contributed by atoms with Crippen molar-refractivity contribution in [2.75, 3.05) is 19.6 Å². The molecule has 118 valence electrons. The van der Waals surface area contributed by atoms with Crippen molar-refractivity contribution in [3.05, 3.63) is 52.5 Å². The van der Waals surface area contributed by atoms with Crippen molar-refractivity contribution >= 4 is 17.3 Å². The Balaban J connectivity index is 1.82. The maximum absolute atomic E-state index is 4.68. The van der Waals surface area contributed by atoms with Gasteiger partial charge >= 0.3 is 0 Å². The smallest absolute Gasteiger partial charge is 0.191 e. The molecule has 0 bridgehead atoms. The van der Waals surface area contributed by atoms with Crippen LogP contribution in [-0.2, 0) is 6.42 Å². The quantitative estimate of drug-likeness (QED) is 0.610. The maximum Gasteiger partial charge on any atom is 0.191 e. The Bertz CT molecular complexity index is 551. The van der Waals surface area contributed by atoms with Gasteiger partial charge in [-0.05, 0) is 41.4 Å². The molecule has 2 aromatic heterocycles. The lowest BCUT2D eigenvalue weighted by Gasteiger charge is -2.13. The molecule has 0 saturated heterocycles. The number of rotatable bonds is 7. The van der Waals surface area contributed by atoms with E-state index < -0.39 is 0 Å². The van der Waals surface area contributed by atoms with Crippen LogP contribution in [0.25, 0.3) is 0 Å². The van der Waals surface area contributed by atoms with Crippen molar-refractivity contribution in [2.24, 2.45) is 4.99 Å². The zero-order valence-corrected chi connectivity index (χ0v) is 14.1. The summed E-state index contributed by atoms with van der Waals surface area (Å²) >= 11 is 1.74. The van der Waals surface area contributed by atoms with Crippen LogP contribution in [0.5, 0.6) is 0 Å². The summed E-state index contributed by atoms with van der Waals surface area (Å²) in [4.78, 5) is 9.01. The van der Waals surface area contributed by atoms with E-state index in [-0.39, 0.29) is 0 Å². The van der Waals surface area contributed by atoms with Crippen LogP contribution in [0.4, 0.5) is 0 Å². The molecule has 5 heteroatoms. The Labute approximate surface area is 136 Å². The fourth-order valence-corrected chi connectivity index (χ4v) is 2.87. The summed E-state index contributed by atoms with van der Waals surface area (Å²) in [6.45, 7) is 6.77. The number of nitrogens with one attached hydrogen (secondary N) is 2. The number of pyridine rings is 1. The highest BCUT2D eigenvalue weighted by Gasteiger charge is 2.06. The molecule has 0 saturated carbocycles. The van der Waals surface area contributed by atoms with Crippen LogP contribution in [0.15, 0.2) is 46.2 Å². The molecular formula is C17H24N4S. The summed E-state index contributed by atoms with van der Waals surface area (Å²) in [6.07, 6.45) is 2.72. The minimum atomic E-state index is 0.442. The topological polar surface area (TPSA) is 49.3 Å². The lowest BCUT2D eigenvalue weighted by atomic mass is 10.1. The fourth-order valence-electron chi connectivity index (χ4n) is 2.09. The lowest BCUT2D eigenvalue weighted by molar-refractivity contribution is 0.745. The number of thiophene rings is 1. The summed E-state index contributed by atoms with van der Waals surface area (Å²) in [5, 5.41) is 11.0. The number of nitrogens with zero attached hydrogens (tertiary/aromatic N) is 2. The summed E-state index contributed by atoms with van der Waals surface area (Å²) in [6, 6.07) is 8.18. The van der Waals surface area contributed by atoms with Crippen molar-refractivity contribution in [2.45, 2.75) is 26.2 Å². The third kappa shape index (κ3) is 5.48. The predicted molar refractivity (Wildman–Crippen MR) is 94.7 cm³/mol. The fraction of sp³-hybridized carbons (Fsp3) is 0.412. The summed E-state index contributed by atoms with van der Waals surface area (Å²) < 4.78 is 0. The first-order valence-corrected chi connectivity index (χ1v) is 8.68. The Morgan fingerprint density at radius 2 is 2.23 bits per heavy atom. The molecule has 0 aliphatic carbocycles. The van der Waals surface area contributed by atoms with Crippen LogP contribution in [-0.4, -0.2) is 30.6 Å². The van der Waals surface area contributed by atoms with Gasteiger partial charge in [0.2, 0.25) is 0 Å². The van der Waals surface area contributed by atoms with E-state index in [1.165, 1.54) is 5.56 Å². The summed E-state index contributed by atoms with van der Waals surface area (Å²) in [5.74, 6) is 1.32. The van der Waals surface area contributed by atoms with E-state index in [0.717, 1.165) is 37.7 Å². The molecular weight excluding hydrogens is 292 g/mol. The van der Waals surface area contributed by atoms with Crippen LogP contribution in [0.1, 0.15) is 31.0 Å². The second kappa shape index (κ2) is 9.20. The molecule has 2 aromatic rings. The molecule has 0 aliphatic rings. The molecule has 1 unspecified atom stereocenters. The van der Waals surface area contributed by atoms with Gasteiger partial charge in [-0.15, -0.1) is 0 Å². The van der Waals surface area contributed by atoms with Crippen LogP contribution in [0, 0.1) is 0 Å². The van der Waals surface area contributed by atoms with E-state index in [1.807, 2.05) is 24.4 Å². The van der Waals surface area contributed by atoms with Gasteiger partial charge in [-0.3, -0.25) is 9.98 Å². The van der Waals surface area contributed by atoms with Gasteiger partial charge in [0.15, 0.2) is 5.96 Å². The average molecular weight is 316 g/mol. The normalized spacial score (nSPS) is 12.9. The van der Waals surface area contributed by atoms with Gasteiger partial charge in [0.1, 0.15) is 0 Å². The molecule has 1 atom stereocenters. The van der Waals surface area contributed by atoms with Crippen molar-refractivity contribution in [3.63, 3.8) is 0 Å². The Hall–Kier alpha value is -1.88. The van der Waals surface area contributed by atoms with Gasteiger partial charge < -0.3 is 10.6 Å². The van der Waals surface area contributed by atoms with E-state index in [2.05, 4.69) is 51.3 Å². The van der Waals surface area contributed by atoms with Crippen molar-refractivity contribution < 1.29 is 0 Å². The van der Waals surface area contributed by atoms with Crippen LogP contribution >= 0.6 is 11.3 Å². The standard InChI is InChI=1S/C17H24N4S/c1-3-18-17(20-10-7-16-6-4-5-9-19-16)21-12-14(2)15-8-11-22-13-15/h4-6,8-9,11,13-14H,3,7,10,12H2,1-2H3,(H2,18,20,21). The average Bonchev–Trinajstić information content (AvgIpc) is 3.08. The minimum absolute atomic E-state index is 0.442. The van der Waals surface area contributed by atoms with E-state index in [1.54, 1.807) is 11.3 Å². The highest BCUT2D eigenvalue weighted by Crippen LogP contribution is 2.18. The third-order valence-corrected chi connectivity index (χ3v) is 4.08. The Morgan fingerprint density at radius 3 is 2.91 bits per heavy atom. The summed E-state index contributed by atoms with van der Waals surface area (Å²) in [7, 11) is 0. The van der Waals surface area contributed by atoms with E-state index in [4.69, 9.17) is 0 Å². The van der Waals surface area contributed by atoms with Gasteiger partial charge in [0.05, 0.1) is 0 Å². The van der Waals surface area contributed by atoms with E-state index in [0.29, 0.717) is 5.92 Å². The van der Waals surface area contributed by atoms with Crippen LogP contribution < -0.4 is 10.6 Å². The molecule has 0 fully saturated rings. The second-order valence-corrected chi connectivity index (χ2v) is 5.96. The van der Waals surface area contributed by atoms with Crippen LogP contribution in [0.3, 0.4) is 0 Å². The zero-order chi connectivity index (χ0) is 15.6. The third-order valence-electron chi connectivity index (χ3n) is 3.38. The van der Waals surface area contributed by atoms with Gasteiger partial charge in [0, 0.05) is 43.9 Å². The molecule has 0 aliphatic heterocycles. The molecule has 0 amide bonds. The van der Waals surface area contributed by atoms with Crippen molar-refractivity contribution in [1.29, 1.82) is 0 Å². The largest absolute Gasteiger partial charge is 0.357 e. The van der Waals surface area contributed by atoms with Gasteiger partial charge in [-0.2, -0.15) is 11.3 Å². The minimum Gasteiger partial charge on any atom is -0.357 e. The predicted octanol–water partition coefficient (Wildman–Crippen LogP) is 3.04. The molecule has 0 spiro atoms. The molecule has 0 aromatic carbocycles. The maximum atomic E-state index is 4.68. The first-order valence-electron chi connectivity index (χ1n) is 7.73.